The van der Waals surface area contributed by atoms with Gasteiger partial charge in [0.05, 0.1) is 12.2 Å². The smallest absolute Gasteiger partial charge is 0.416 e. The number of hydrogen-bond donors (Lipinski definition) is 2. The molecule has 2 atom stereocenters. The Balaban J connectivity index is 1.69. The fourth-order valence-electron chi connectivity index (χ4n) is 4.48. The maximum absolute atomic E-state index is 13.9. The topological polar surface area (TPSA) is 80.2 Å². The van der Waals surface area contributed by atoms with E-state index in [1.807, 2.05) is 12.1 Å². The number of halogens is 4. The molecule has 40 heavy (non-hydrogen) atoms. The summed E-state index contributed by atoms with van der Waals surface area (Å²) in [6, 6.07) is 19.3. The van der Waals surface area contributed by atoms with E-state index in [0.29, 0.717) is 34.4 Å². The predicted molar refractivity (Wildman–Crippen MR) is 149 cm³/mol. The molecule has 0 spiro atoms. The molecule has 10 heteroatoms. The van der Waals surface area contributed by atoms with Gasteiger partial charge in [0.2, 0.25) is 5.90 Å². The Labute approximate surface area is 238 Å². The maximum Gasteiger partial charge on any atom is 0.416 e. The highest BCUT2D eigenvalue weighted by atomic mass is 79.9. The van der Waals surface area contributed by atoms with Crippen LogP contribution >= 0.6 is 15.9 Å². The number of hydrogen-bond acceptors (Lipinski definition) is 5. The molecule has 1 amide bonds. The number of amides is 1. The molecule has 210 valence electrons. The minimum atomic E-state index is -4.56. The van der Waals surface area contributed by atoms with Gasteiger partial charge in [0, 0.05) is 41.6 Å². The van der Waals surface area contributed by atoms with Crippen molar-refractivity contribution in [2.75, 3.05) is 13.2 Å². The Kier molecular flexibility index (Phi) is 9.32. The molecule has 3 aromatic carbocycles. The summed E-state index contributed by atoms with van der Waals surface area (Å²) in [7, 11) is 0. The molecule has 0 saturated heterocycles. The van der Waals surface area contributed by atoms with Gasteiger partial charge in [-0.25, -0.2) is 4.99 Å². The maximum atomic E-state index is 13.9. The summed E-state index contributed by atoms with van der Waals surface area (Å²) < 4.78 is 53.3. The van der Waals surface area contributed by atoms with Crippen molar-refractivity contribution in [1.29, 1.82) is 0 Å². The first-order valence-electron chi connectivity index (χ1n) is 12.6. The molecule has 0 bridgehead atoms. The van der Waals surface area contributed by atoms with E-state index in [-0.39, 0.29) is 31.0 Å². The first-order chi connectivity index (χ1) is 19.2. The quantitative estimate of drug-likeness (QED) is 0.194. The number of aliphatic imine (C=N–C) groups is 1. The minimum Gasteiger partial charge on any atom is -0.494 e. The largest absolute Gasteiger partial charge is 0.494 e. The first kappa shape index (κ1) is 29.4. The van der Waals surface area contributed by atoms with Crippen molar-refractivity contribution in [2.45, 2.75) is 37.2 Å². The number of alkyl halides is 3. The Morgan fingerprint density at radius 2 is 1.82 bits per heavy atom. The van der Waals surface area contributed by atoms with Gasteiger partial charge in [-0.1, -0.05) is 58.4 Å². The third-order valence-electron chi connectivity index (χ3n) is 6.44. The Morgan fingerprint density at radius 1 is 1.12 bits per heavy atom. The van der Waals surface area contributed by atoms with Gasteiger partial charge in [0.1, 0.15) is 5.75 Å². The summed E-state index contributed by atoms with van der Waals surface area (Å²) in [6.07, 6.45) is -3.35. The number of nitrogens with zero attached hydrogens (tertiary/aromatic N) is 1. The molecule has 1 aliphatic rings. The number of carbonyl (C=O) groups is 1. The molecule has 6 nitrogen and oxygen atoms in total. The normalized spacial score (nSPS) is 18.5. The monoisotopic (exact) mass is 616 g/mol. The second-order valence-corrected chi connectivity index (χ2v) is 10.00. The van der Waals surface area contributed by atoms with Gasteiger partial charge in [-0.05, 0) is 42.0 Å². The highest BCUT2D eigenvalue weighted by Gasteiger charge is 2.53. The van der Waals surface area contributed by atoms with Crippen LogP contribution in [-0.4, -0.2) is 35.7 Å². The predicted octanol–water partition coefficient (Wildman–Crippen LogP) is 6.38. The zero-order valence-corrected chi connectivity index (χ0v) is 23.0. The number of aliphatic hydroxyl groups is 1. The molecule has 2 N–H and O–H groups in total. The van der Waals surface area contributed by atoms with Crippen LogP contribution in [0.3, 0.4) is 0 Å². The van der Waals surface area contributed by atoms with Gasteiger partial charge >= 0.3 is 6.18 Å². The molecule has 0 saturated carbocycles. The van der Waals surface area contributed by atoms with Crippen molar-refractivity contribution in [2.24, 2.45) is 4.99 Å². The minimum absolute atomic E-state index is 0.0222. The standard InChI is InChI=1S/C30H28BrF3N2O4/c1-2-16-29(28(38)35-19-21-8-3-5-10-24(21)30(32,33)34)26(23-9-4-6-11-25(23)31)40-27(36-29)20-12-14-22(15-13-20)39-18-7-17-37/h2-6,8-15,26,37H,1,7,16-19H2,(H,35,38)/t26-,29-/m1/s1. The summed E-state index contributed by atoms with van der Waals surface area (Å²) in [5, 5.41) is 11.6. The summed E-state index contributed by atoms with van der Waals surface area (Å²) >= 11 is 3.53. The third kappa shape index (κ3) is 6.39. The van der Waals surface area contributed by atoms with Crippen molar-refractivity contribution in [3.8, 4) is 5.75 Å². The molecule has 1 heterocycles. The van der Waals surface area contributed by atoms with Gasteiger partial charge in [-0.3, -0.25) is 4.79 Å². The van der Waals surface area contributed by atoms with Gasteiger partial charge in [0.25, 0.3) is 5.91 Å². The Bertz CT molecular complexity index is 1380. The highest BCUT2D eigenvalue weighted by Crippen LogP contribution is 2.45. The van der Waals surface area contributed by atoms with E-state index in [1.54, 1.807) is 42.5 Å². The summed E-state index contributed by atoms with van der Waals surface area (Å²) in [5.41, 5.74) is -1.17. The lowest BCUT2D eigenvalue weighted by Gasteiger charge is -2.30. The highest BCUT2D eigenvalue weighted by molar-refractivity contribution is 9.10. The number of nitrogens with one attached hydrogen (secondary N) is 1. The van der Waals surface area contributed by atoms with Crippen LogP contribution in [0.5, 0.6) is 5.75 Å². The van der Waals surface area contributed by atoms with Crippen LogP contribution in [-0.2, 0) is 22.3 Å². The lowest BCUT2D eigenvalue weighted by Crippen LogP contribution is -2.48. The van der Waals surface area contributed by atoms with Crippen LogP contribution < -0.4 is 10.1 Å². The number of rotatable bonds is 11. The molecular formula is C30H28BrF3N2O4. The number of ether oxygens (including phenoxy) is 2. The van der Waals surface area contributed by atoms with E-state index in [4.69, 9.17) is 19.6 Å². The molecule has 1 aliphatic heterocycles. The van der Waals surface area contributed by atoms with Crippen LogP contribution in [0.25, 0.3) is 0 Å². The van der Waals surface area contributed by atoms with Crippen molar-refractivity contribution < 1.29 is 32.5 Å². The van der Waals surface area contributed by atoms with Crippen LogP contribution in [0.1, 0.15) is 41.2 Å². The second-order valence-electron chi connectivity index (χ2n) is 9.14. The van der Waals surface area contributed by atoms with Crippen molar-refractivity contribution in [1.82, 2.24) is 5.32 Å². The van der Waals surface area contributed by atoms with Crippen LogP contribution in [0.2, 0.25) is 0 Å². The van der Waals surface area contributed by atoms with Gasteiger partial charge in [-0.15, -0.1) is 6.58 Å². The SMILES string of the molecule is C=CC[C@@]1(C(=O)NCc2ccccc2C(F)(F)F)N=C(c2ccc(OCCCO)cc2)O[C@@H]1c1ccccc1Br. The summed E-state index contributed by atoms with van der Waals surface area (Å²) in [6.45, 7) is 3.85. The zero-order valence-electron chi connectivity index (χ0n) is 21.5. The molecule has 0 fully saturated rings. The number of benzene rings is 3. The van der Waals surface area contributed by atoms with E-state index in [0.717, 1.165) is 6.07 Å². The van der Waals surface area contributed by atoms with E-state index in [1.165, 1.54) is 18.2 Å². The second kappa shape index (κ2) is 12.7. The Morgan fingerprint density at radius 3 is 2.50 bits per heavy atom. The van der Waals surface area contributed by atoms with Crippen molar-refractivity contribution >= 4 is 27.7 Å². The average Bonchev–Trinajstić information content (AvgIpc) is 3.32. The molecule has 4 rings (SSSR count). The van der Waals surface area contributed by atoms with E-state index in [2.05, 4.69) is 27.8 Å². The van der Waals surface area contributed by atoms with Crippen molar-refractivity contribution in [3.63, 3.8) is 0 Å². The number of aliphatic hydroxyl groups excluding tert-OH is 1. The van der Waals surface area contributed by atoms with Gasteiger partial charge in [0.15, 0.2) is 11.6 Å². The van der Waals surface area contributed by atoms with E-state index < -0.39 is 29.3 Å². The zero-order chi connectivity index (χ0) is 28.8. The molecular weight excluding hydrogens is 589 g/mol. The lowest BCUT2D eigenvalue weighted by atomic mass is 9.84. The molecule has 0 unspecified atom stereocenters. The molecule has 0 radical (unpaired) electrons. The van der Waals surface area contributed by atoms with Crippen LogP contribution in [0.15, 0.2) is 94.9 Å². The van der Waals surface area contributed by atoms with Crippen LogP contribution in [0, 0.1) is 0 Å². The molecule has 3 aromatic rings. The average molecular weight is 617 g/mol. The lowest BCUT2D eigenvalue weighted by molar-refractivity contribution is -0.138. The summed E-state index contributed by atoms with van der Waals surface area (Å²) in [5.74, 6) is 0.205. The van der Waals surface area contributed by atoms with Crippen molar-refractivity contribution in [3.05, 3.63) is 112 Å². The third-order valence-corrected chi connectivity index (χ3v) is 7.16. The van der Waals surface area contributed by atoms with E-state index >= 15 is 0 Å². The fourth-order valence-corrected chi connectivity index (χ4v) is 4.97. The molecule has 0 aromatic heterocycles. The van der Waals surface area contributed by atoms with Crippen LogP contribution in [0.4, 0.5) is 13.2 Å². The van der Waals surface area contributed by atoms with E-state index in [9.17, 15) is 18.0 Å². The summed E-state index contributed by atoms with van der Waals surface area (Å²) in [4.78, 5) is 18.6. The molecule has 0 aliphatic carbocycles. The number of carbonyl (C=O) groups excluding carboxylic acids is 1. The van der Waals surface area contributed by atoms with Gasteiger partial charge in [-0.2, -0.15) is 13.2 Å². The fraction of sp³-hybridized carbons (Fsp3) is 0.267. The first-order valence-corrected chi connectivity index (χ1v) is 13.4. The Hall–Kier alpha value is -3.63. The van der Waals surface area contributed by atoms with Gasteiger partial charge < -0.3 is 19.9 Å².